The van der Waals surface area contributed by atoms with E-state index < -0.39 is 5.25 Å². The quantitative estimate of drug-likeness (QED) is 0.450. The number of aliphatic imine (C=N–C) groups is 1. The maximum absolute atomic E-state index is 12.9. The summed E-state index contributed by atoms with van der Waals surface area (Å²) in [5.74, 6) is -0.327. The number of aryl methyl sites for hydroxylation is 2. The van der Waals surface area contributed by atoms with Gasteiger partial charge in [0.2, 0.25) is 11.8 Å². The molecular formula is C22H21Br2N3O2S. The van der Waals surface area contributed by atoms with Crippen molar-refractivity contribution in [3.63, 3.8) is 0 Å². The predicted octanol–water partition coefficient (Wildman–Crippen LogP) is 5.97. The lowest BCUT2D eigenvalue weighted by Gasteiger charge is -2.14. The van der Waals surface area contributed by atoms with Gasteiger partial charge in [-0.2, -0.15) is 0 Å². The lowest BCUT2D eigenvalue weighted by atomic mass is 10.1. The van der Waals surface area contributed by atoms with Gasteiger partial charge in [-0.25, -0.2) is 4.99 Å². The second-order valence-electron chi connectivity index (χ2n) is 6.85. The second kappa shape index (κ2) is 9.94. The van der Waals surface area contributed by atoms with Crippen LogP contribution in [0.5, 0.6) is 0 Å². The fourth-order valence-electron chi connectivity index (χ4n) is 3.07. The average Bonchev–Trinajstić information content (AvgIpc) is 2.96. The zero-order chi connectivity index (χ0) is 21.8. The molecule has 0 aromatic heterocycles. The minimum absolute atomic E-state index is 0.0748. The smallest absolute Gasteiger partial charge is 0.242 e. The van der Waals surface area contributed by atoms with Crippen LogP contribution in [-0.4, -0.2) is 33.7 Å². The van der Waals surface area contributed by atoms with Crippen molar-refractivity contribution in [2.24, 2.45) is 4.99 Å². The molecule has 1 saturated heterocycles. The maximum Gasteiger partial charge on any atom is 0.242 e. The molecule has 2 amide bonds. The zero-order valence-corrected chi connectivity index (χ0v) is 20.6. The molecule has 1 atom stereocenters. The highest BCUT2D eigenvalue weighted by Crippen LogP contribution is 2.35. The SMILES string of the molecule is C=CCN1C(=O)[C@@H](CC(=O)Nc2c(C)cccc2C)SC1=Nc1ccc(Br)cc1Br. The molecule has 1 aliphatic rings. The number of halogens is 2. The number of hydrogen-bond acceptors (Lipinski definition) is 4. The van der Waals surface area contributed by atoms with Crippen LogP contribution < -0.4 is 5.32 Å². The third-order valence-corrected chi connectivity index (χ3v) is 6.88. The molecule has 156 valence electrons. The average molecular weight is 551 g/mol. The van der Waals surface area contributed by atoms with Gasteiger partial charge in [0.1, 0.15) is 5.25 Å². The van der Waals surface area contributed by atoms with Gasteiger partial charge in [0.25, 0.3) is 0 Å². The molecule has 8 heteroatoms. The Bertz CT molecular complexity index is 1020. The number of anilines is 1. The van der Waals surface area contributed by atoms with Gasteiger partial charge in [-0.1, -0.05) is 52.0 Å². The van der Waals surface area contributed by atoms with Crippen LogP contribution in [0.3, 0.4) is 0 Å². The van der Waals surface area contributed by atoms with E-state index in [1.165, 1.54) is 11.8 Å². The number of amidine groups is 1. The molecule has 0 radical (unpaired) electrons. The number of rotatable bonds is 6. The molecule has 0 bridgehead atoms. The minimum atomic E-state index is -0.526. The molecule has 1 heterocycles. The van der Waals surface area contributed by atoms with Crippen LogP contribution in [0.1, 0.15) is 17.5 Å². The van der Waals surface area contributed by atoms with Crippen LogP contribution in [0.15, 0.2) is 63.0 Å². The lowest BCUT2D eigenvalue weighted by molar-refractivity contribution is -0.127. The van der Waals surface area contributed by atoms with E-state index in [0.717, 1.165) is 25.8 Å². The number of nitrogens with zero attached hydrogens (tertiary/aromatic N) is 2. The van der Waals surface area contributed by atoms with E-state index in [1.54, 1.807) is 11.0 Å². The highest BCUT2D eigenvalue weighted by molar-refractivity contribution is 9.11. The summed E-state index contributed by atoms with van der Waals surface area (Å²) in [5, 5.41) is 2.99. The van der Waals surface area contributed by atoms with Gasteiger partial charge < -0.3 is 5.32 Å². The molecule has 0 spiro atoms. The van der Waals surface area contributed by atoms with Gasteiger partial charge >= 0.3 is 0 Å². The summed E-state index contributed by atoms with van der Waals surface area (Å²) in [6.45, 7) is 7.98. The van der Waals surface area contributed by atoms with Crippen molar-refractivity contribution < 1.29 is 9.59 Å². The number of nitrogens with one attached hydrogen (secondary N) is 1. The van der Waals surface area contributed by atoms with Crippen molar-refractivity contribution in [1.82, 2.24) is 4.90 Å². The fourth-order valence-corrected chi connectivity index (χ4v) is 5.36. The van der Waals surface area contributed by atoms with Crippen LogP contribution in [0, 0.1) is 13.8 Å². The van der Waals surface area contributed by atoms with Crippen LogP contribution in [0.2, 0.25) is 0 Å². The summed E-state index contributed by atoms with van der Waals surface area (Å²) in [6.07, 6.45) is 1.73. The lowest BCUT2D eigenvalue weighted by Crippen LogP contribution is -2.33. The largest absolute Gasteiger partial charge is 0.326 e. The van der Waals surface area contributed by atoms with Crippen molar-refractivity contribution in [3.05, 3.63) is 69.1 Å². The minimum Gasteiger partial charge on any atom is -0.326 e. The summed E-state index contributed by atoms with van der Waals surface area (Å²) < 4.78 is 1.74. The predicted molar refractivity (Wildman–Crippen MR) is 131 cm³/mol. The highest BCUT2D eigenvalue weighted by Gasteiger charge is 2.38. The van der Waals surface area contributed by atoms with E-state index in [1.807, 2.05) is 50.2 Å². The molecule has 5 nitrogen and oxygen atoms in total. The molecule has 2 aromatic carbocycles. The number of amides is 2. The number of para-hydroxylation sites is 1. The number of carbonyl (C=O) groups excluding carboxylic acids is 2. The number of carbonyl (C=O) groups is 2. The number of thioether (sulfide) groups is 1. The molecule has 3 rings (SSSR count). The first-order chi connectivity index (χ1) is 14.3. The fraction of sp³-hybridized carbons (Fsp3) is 0.227. The molecule has 1 fully saturated rings. The van der Waals surface area contributed by atoms with E-state index in [9.17, 15) is 9.59 Å². The van der Waals surface area contributed by atoms with Crippen LogP contribution in [0.4, 0.5) is 11.4 Å². The standard InChI is InChI=1S/C22H21Br2N3O2S/c1-4-10-27-21(29)18(12-19(28)26-20-13(2)6-5-7-14(20)3)30-22(27)25-17-9-8-15(23)11-16(17)24/h4-9,11,18H,1,10,12H2,2-3H3,(H,26,28)/t18-/m1/s1. The summed E-state index contributed by atoms with van der Waals surface area (Å²) in [7, 11) is 0. The Labute approximate surface area is 197 Å². The second-order valence-corrected chi connectivity index (χ2v) is 9.79. The molecule has 1 aliphatic heterocycles. The van der Waals surface area contributed by atoms with Gasteiger partial charge in [0, 0.05) is 27.6 Å². The van der Waals surface area contributed by atoms with Gasteiger partial charge in [-0.15, -0.1) is 6.58 Å². The Kier molecular flexibility index (Phi) is 7.55. The molecule has 0 aliphatic carbocycles. The first-order valence-corrected chi connectivity index (χ1v) is 11.8. The number of benzene rings is 2. The Balaban J connectivity index is 1.79. The summed E-state index contributed by atoms with van der Waals surface area (Å²) in [5.41, 5.74) is 3.49. The highest BCUT2D eigenvalue weighted by atomic mass is 79.9. The van der Waals surface area contributed by atoms with Crippen molar-refractivity contribution in [2.45, 2.75) is 25.5 Å². The summed E-state index contributed by atoms with van der Waals surface area (Å²) in [6, 6.07) is 11.5. The monoisotopic (exact) mass is 549 g/mol. The Morgan fingerprint density at radius 2 is 1.97 bits per heavy atom. The van der Waals surface area contributed by atoms with Gasteiger partial charge in [0.05, 0.1) is 5.69 Å². The number of hydrogen-bond donors (Lipinski definition) is 1. The normalized spacial score (nSPS) is 17.5. The van der Waals surface area contributed by atoms with Gasteiger partial charge in [-0.05, 0) is 59.1 Å². The third-order valence-electron chi connectivity index (χ3n) is 4.57. The van der Waals surface area contributed by atoms with E-state index in [0.29, 0.717) is 17.4 Å². The molecule has 1 N–H and O–H groups in total. The van der Waals surface area contributed by atoms with E-state index in [4.69, 9.17) is 0 Å². The van der Waals surface area contributed by atoms with E-state index >= 15 is 0 Å². The Hall–Kier alpha value is -1.90. The molecule has 2 aromatic rings. The molecule has 0 unspecified atom stereocenters. The van der Waals surface area contributed by atoms with Gasteiger partial charge in [0.15, 0.2) is 5.17 Å². The van der Waals surface area contributed by atoms with Crippen molar-refractivity contribution in [3.8, 4) is 0 Å². The van der Waals surface area contributed by atoms with Crippen molar-refractivity contribution in [1.29, 1.82) is 0 Å². The van der Waals surface area contributed by atoms with Crippen LogP contribution in [-0.2, 0) is 9.59 Å². The van der Waals surface area contributed by atoms with Gasteiger partial charge in [-0.3, -0.25) is 14.5 Å². The van der Waals surface area contributed by atoms with E-state index in [-0.39, 0.29) is 18.2 Å². The third kappa shape index (κ3) is 5.22. The van der Waals surface area contributed by atoms with Crippen molar-refractivity contribution >= 4 is 72.0 Å². The van der Waals surface area contributed by atoms with Crippen LogP contribution >= 0.6 is 43.6 Å². The maximum atomic E-state index is 12.9. The van der Waals surface area contributed by atoms with Crippen molar-refractivity contribution in [2.75, 3.05) is 11.9 Å². The molecular weight excluding hydrogens is 530 g/mol. The first-order valence-electron chi connectivity index (χ1n) is 9.29. The Morgan fingerprint density at radius 1 is 1.27 bits per heavy atom. The molecule has 30 heavy (non-hydrogen) atoms. The van der Waals surface area contributed by atoms with E-state index in [2.05, 4.69) is 48.7 Å². The zero-order valence-electron chi connectivity index (χ0n) is 16.6. The summed E-state index contributed by atoms with van der Waals surface area (Å²) in [4.78, 5) is 31.8. The topological polar surface area (TPSA) is 61.8 Å². The van der Waals surface area contributed by atoms with Crippen LogP contribution in [0.25, 0.3) is 0 Å². The first kappa shape index (κ1) is 22.8. The summed E-state index contributed by atoms with van der Waals surface area (Å²) >= 11 is 8.23. The Morgan fingerprint density at radius 3 is 2.60 bits per heavy atom. The molecule has 0 saturated carbocycles.